The number of esters is 3. The predicted octanol–water partition coefficient (Wildman–Crippen LogP) is 5.78. The number of hydrogen-bond acceptors (Lipinski definition) is 8. The smallest absolute Gasteiger partial charge is 0.312 e. The van der Waals surface area contributed by atoms with Crippen molar-refractivity contribution in [3.63, 3.8) is 0 Å². The number of ether oxygens (including phenoxy) is 3. The van der Waals surface area contributed by atoms with Gasteiger partial charge >= 0.3 is 17.9 Å². The van der Waals surface area contributed by atoms with E-state index in [1.807, 2.05) is 48.5 Å². The van der Waals surface area contributed by atoms with E-state index in [1.54, 1.807) is 0 Å². The second kappa shape index (κ2) is 9.43. The van der Waals surface area contributed by atoms with Gasteiger partial charge in [-0.05, 0) is 124 Å². The van der Waals surface area contributed by atoms with Crippen molar-refractivity contribution < 1.29 is 38.8 Å². The van der Waals surface area contributed by atoms with Crippen LogP contribution < -0.4 is 0 Å². The van der Waals surface area contributed by atoms with Crippen molar-refractivity contribution in [2.75, 3.05) is 0 Å². The molecule has 8 aliphatic rings. The van der Waals surface area contributed by atoms with Gasteiger partial charge in [-0.1, -0.05) is 6.92 Å². The summed E-state index contributed by atoms with van der Waals surface area (Å²) in [6.07, 6.45) is 8.51. The molecule has 43 heavy (non-hydrogen) atoms. The lowest BCUT2D eigenvalue weighted by atomic mass is 9.47. The van der Waals surface area contributed by atoms with Crippen LogP contribution in [0, 0.1) is 34.0 Å². The van der Waals surface area contributed by atoms with Gasteiger partial charge in [0, 0.05) is 25.7 Å². The Labute approximate surface area is 257 Å². The Hall–Kier alpha value is -1.67. The molecule has 8 nitrogen and oxygen atoms in total. The fourth-order valence-electron chi connectivity index (χ4n) is 11.3. The van der Waals surface area contributed by atoms with Gasteiger partial charge in [-0.25, -0.2) is 0 Å². The second-order valence-corrected chi connectivity index (χ2v) is 18.3. The standard InChI is InChI=1S/C35H54O8/c1-8-30(7,17-29(5,6)25(36)42-35-16-24-12-32(39,20-35)19-33(40,13-24)21-35)26(37)43-34-14-22-9-23(15-34)11-31(10-22,18-34)27(38)41-28(2,3)4/h22-24,39-40H,8-21H2,1-7H3. The van der Waals surface area contributed by atoms with Crippen LogP contribution in [0.3, 0.4) is 0 Å². The zero-order valence-electron chi connectivity index (χ0n) is 27.5. The molecule has 0 aliphatic heterocycles. The van der Waals surface area contributed by atoms with Crippen molar-refractivity contribution in [3.8, 4) is 0 Å². The van der Waals surface area contributed by atoms with Crippen LogP contribution in [0.5, 0.6) is 0 Å². The second-order valence-electron chi connectivity index (χ2n) is 18.3. The molecule has 8 fully saturated rings. The zero-order chi connectivity index (χ0) is 31.5. The fraction of sp³-hybridized carbons (Fsp3) is 0.914. The third kappa shape index (κ3) is 5.55. The molecule has 0 radical (unpaired) electrons. The number of hydrogen-bond donors (Lipinski definition) is 2. The van der Waals surface area contributed by atoms with Crippen LogP contribution in [-0.4, -0.2) is 56.1 Å². The van der Waals surface area contributed by atoms with E-state index in [-0.39, 0.29) is 24.3 Å². The average Bonchev–Trinajstić information content (AvgIpc) is 2.78. The average molecular weight is 603 g/mol. The number of carbonyl (C=O) groups excluding carboxylic acids is 3. The molecular formula is C35H54O8. The summed E-state index contributed by atoms with van der Waals surface area (Å²) >= 11 is 0. The highest BCUT2D eigenvalue weighted by Gasteiger charge is 2.66. The molecule has 5 atom stereocenters. The van der Waals surface area contributed by atoms with Gasteiger partial charge in [-0.15, -0.1) is 0 Å². The molecule has 0 aromatic carbocycles. The molecular weight excluding hydrogens is 548 g/mol. The first kappa shape index (κ1) is 31.3. The van der Waals surface area contributed by atoms with E-state index in [1.165, 1.54) is 0 Å². The quantitative estimate of drug-likeness (QED) is 0.265. The predicted molar refractivity (Wildman–Crippen MR) is 158 cm³/mol. The normalized spacial score (nSPS) is 44.2. The van der Waals surface area contributed by atoms with E-state index >= 15 is 0 Å². The monoisotopic (exact) mass is 602 g/mol. The van der Waals surface area contributed by atoms with Gasteiger partial charge in [0.25, 0.3) is 0 Å². The van der Waals surface area contributed by atoms with Crippen LogP contribution >= 0.6 is 0 Å². The van der Waals surface area contributed by atoms with Crippen molar-refractivity contribution in [1.82, 2.24) is 0 Å². The largest absolute Gasteiger partial charge is 0.460 e. The fourth-order valence-corrected chi connectivity index (χ4v) is 11.3. The van der Waals surface area contributed by atoms with Crippen LogP contribution in [0.1, 0.15) is 138 Å². The van der Waals surface area contributed by atoms with Crippen molar-refractivity contribution in [2.24, 2.45) is 34.0 Å². The Bertz CT molecular complexity index is 1160. The Balaban J connectivity index is 1.16. The Kier molecular flexibility index (Phi) is 6.87. The van der Waals surface area contributed by atoms with E-state index in [0.717, 1.165) is 32.1 Å². The highest BCUT2D eigenvalue weighted by molar-refractivity contribution is 5.81. The summed E-state index contributed by atoms with van der Waals surface area (Å²) in [5.41, 5.74) is -6.62. The summed E-state index contributed by atoms with van der Waals surface area (Å²) in [5, 5.41) is 22.3. The molecule has 0 heterocycles. The lowest BCUT2D eigenvalue weighted by molar-refractivity contribution is -0.264. The lowest BCUT2D eigenvalue weighted by Crippen LogP contribution is -2.67. The number of carbonyl (C=O) groups is 3. The molecule has 8 heteroatoms. The number of rotatable bonds is 8. The molecule has 242 valence electrons. The summed E-state index contributed by atoms with van der Waals surface area (Å²) in [7, 11) is 0. The van der Waals surface area contributed by atoms with Gasteiger partial charge in [0.05, 0.1) is 27.4 Å². The van der Waals surface area contributed by atoms with Gasteiger partial charge in [-0.2, -0.15) is 0 Å². The van der Waals surface area contributed by atoms with E-state index in [2.05, 4.69) is 0 Å². The number of aliphatic hydroxyl groups is 2. The summed E-state index contributed by atoms with van der Waals surface area (Å²) in [5.74, 6) is -0.0436. The minimum absolute atomic E-state index is 0.141. The molecule has 2 N–H and O–H groups in total. The van der Waals surface area contributed by atoms with E-state index < -0.39 is 50.2 Å². The van der Waals surface area contributed by atoms with Gasteiger partial charge < -0.3 is 24.4 Å². The Morgan fingerprint density at radius 1 is 0.698 bits per heavy atom. The highest BCUT2D eigenvalue weighted by atomic mass is 16.6. The summed E-state index contributed by atoms with van der Waals surface area (Å²) in [6.45, 7) is 13.2. The van der Waals surface area contributed by atoms with Crippen LogP contribution in [-0.2, 0) is 28.6 Å². The van der Waals surface area contributed by atoms with Gasteiger partial charge in [-0.3, -0.25) is 14.4 Å². The van der Waals surface area contributed by atoms with Crippen LogP contribution in [0.15, 0.2) is 0 Å². The maximum atomic E-state index is 14.1. The first-order valence-corrected chi connectivity index (χ1v) is 16.8. The van der Waals surface area contributed by atoms with Crippen molar-refractivity contribution in [1.29, 1.82) is 0 Å². The molecule has 0 aromatic heterocycles. The van der Waals surface area contributed by atoms with Crippen LogP contribution in [0.25, 0.3) is 0 Å². The Morgan fingerprint density at radius 2 is 1.23 bits per heavy atom. The Morgan fingerprint density at radius 3 is 1.74 bits per heavy atom. The molecule has 0 spiro atoms. The van der Waals surface area contributed by atoms with Crippen molar-refractivity contribution in [3.05, 3.63) is 0 Å². The van der Waals surface area contributed by atoms with Gasteiger partial charge in [0.15, 0.2) is 0 Å². The molecule has 5 unspecified atom stereocenters. The van der Waals surface area contributed by atoms with E-state index in [0.29, 0.717) is 63.2 Å². The SMILES string of the molecule is CCC(C)(CC(C)(C)C(=O)OC12CC3CC(O)(CC(O)(C3)C1)C2)C(=O)OC12CC3CC(C1)CC(C(=O)OC(C)(C)C)(C3)C2. The zero-order valence-corrected chi connectivity index (χ0v) is 27.5. The summed E-state index contributed by atoms with van der Waals surface area (Å²) < 4.78 is 18.7. The molecule has 8 rings (SSSR count). The molecule has 0 saturated heterocycles. The minimum Gasteiger partial charge on any atom is -0.460 e. The molecule has 0 aromatic rings. The minimum atomic E-state index is -0.991. The van der Waals surface area contributed by atoms with Crippen molar-refractivity contribution >= 4 is 17.9 Å². The first-order valence-electron chi connectivity index (χ1n) is 16.8. The van der Waals surface area contributed by atoms with Crippen LogP contribution in [0.4, 0.5) is 0 Å². The highest BCUT2D eigenvalue weighted by Crippen LogP contribution is 2.64. The van der Waals surface area contributed by atoms with Crippen molar-refractivity contribution in [2.45, 2.75) is 166 Å². The first-order chi connectivity index (χ1) is 19.6. The van der Waals surface area contributed by atoms with Gasteiger partial charge in [0.1, 0.15) is 16.8 Å². The van der Waals surface area contributed by atoms with E-state index in [4.69, 9.17) is 14.2 Å². The third-order valence-corrected chi connectivity index (χ3v) is 12.1. The molecule has 0 amide bonds. The molecule has 8 aliphatic carbocycles. The maximum Gasteiger partial charge on any atom is 0.312 e. The van der Waals surface area contributed by atoms with Gasteiger partial charge in [0.2, 0.25) is 0 Å². The van der Waals surface area contributed by atoms with Crippen LogP contribution in [0.2, 0.25) is 0 Å². The molecule has 8 bridgehead atoms. The maximum absolute atomic E-state index is 14.1. The summed E-state index contributed by atoms with van der Waals surface area (Å²) in [6, 6.07) is 0. The topological polar surface area (TPSA) is 119 Å². The lowest BCUT2D eigenvalue weighted by Gasteiger charge is -2.62. The molecule has 8 saturated carbocycles. The third-order valence-electron chi connectivity index (χ3n) is 12.1. The summed E-state index contributed by atoms with van der Waals surface area (Å²) in [4.78, 5) is 41.5. The van der Waals surface area contributed by atoms with E-state index in [9.17, 15) is 24.6 Å².